The van der Waals surface area contributed by atoms with Gasteiger partial charge in [-0.2, -0.15) is 0 Å². The zero-order chi connectivity index (χ0) is 8.20. The van der Waals surface area contributed by atoms with Gasteiger partial charge in [0.05, 0.1) is 0 Å². The van der Waals surface area contributed by atoms with E-state index in [2.05, 4.69) is 4.21 Å². The molecule has 10 heavy (non-hydrogen) atoms. The Bertz CT molecular complexity index is 168. The zero-order valence-electron chi connectivity index (χ0n) is 5.94. The lowest BCUT2D eigenvalue weighted by Gasteiger charge is -2.00. The first-order valence-electron chi connectivity index (χ1n) is 2.75. The van der Waals surface area contributed by atoms with E-state index < -0.39 is 17.6 Å². The van der Waals surface area contributed by atoms with Gasteiger partial charge in [-0.1, -0.05) is 11.3 Å². The van der Waals surface area contributed by atoms with E-state index in [1.54, 1.807) is 5.70 Å². The van der Waals surface area contributed by atoms with Crippen molar-refractivity contribution in [3.8, 4) is 0 Å². The quantitative estimate of drug-likeness (QED) is 0.480. The average molecular weight is 182 g/mol. The van der Waals surface area contributed by atoms with Gasteiger partial charge < -0.3 is 14.0 Å². The Balaban J connectivity index is 3.58. The van der Waals surface area contributed by atoms with Crippen LogP contribution in [0.15, 0.2) is 11.3 Å². The summed E-state index contributed by atoms with van der Waals surface area (Å²) in [6.45, 7) is 3.71. The van der Waals surface area contributed by atoms with Gasteiger partial charge in [-0.3, -0.25) is 0 Å². The van der Waals surface area contributed by atoms with Gasteiger partial charge in [0.15, 0.2) is 9.76 Å². The highest BCUT2D eigenvalue weighted by molar-refractivity contribution is 7.47. The number of rotatable bonds is 3. The van der Waals surface area contributed by atoms with Crippen LogP contribution < -0.4 is 0 Å². The molecule has 0 atom stereocenters. The normalized spacial score (nSPS) is 12.4. The molecule has 0 amide bonds. The monoisotopic (exact) mass is 182 g/mol. The van der Waals surface area contributed by atoms with Gasteiger partial charge in [0, 0.05) is 0 Å². The molecule has 0 saturated carbocycles. The van der Waals surface area contributed by atoms with Crippen LogP contribution >= 0.6 is 7.82 Å². The Labute approximate surface area is 62.1 Å². The van der Waals surface area contributed by atoms with E-state index in [4.69, 9.17) is 9.79 Å². The molecule has 0 unspecified atom stereocenters. The van der Waals surface area contributed by atoms with E-state index in [1.807, 2.05) is 13.8 Å². The standard InChI is InChI=1S/C4H11O4PSi/c1-4(2)3-10-8-9(5,6)7/h3H,10H2,1-2H3,(H2,5,6,7). The minimum Gasteiger partial charge on any atom is -0.333 e. The molecule has 0 radical (unpaired) electrons. The Morgan fingerprint density at radius 3 is 2.40 bits per heavy atom. The van der Waals surface area contributed by atoms with Crippen molar-refractivity contribution in [2.75, 3.05) is 0 Å². The lowest BCUT2D eigenvalue weighted by atomic mass is 10.4. The lowest BCUT2D eigenvalue weighted by molar-refractivity contribution is 0.289. The fraction of sp³-hybridized carbons (Fsp3) is 0.500. The molecule has 0 aliphatic rings. The summed E-state index contributed by atoms with van der Waals surface area (Å²) < 4.78 is 14.4. The molecular formula is C4H11O4PSi. The third-order valence-corrected chi connectivity index (χ3v) is 3.66. The topological polar surface area (TPSA) is 66.8 Å². The molecule has 4 nitrogen and oxygen atoms in total. The molecule has 0 fully saturated rings. The lowest BCUT2D eigenvalue weighted by Crippen LogP contribution is -1.92. The molecule has 6 heteroatoms. The second-order valence-electron chi connectivity index (χ2n) is 2.07. The van der Waals surface area contributed by atoms with Crippen LogP contribution in [0.4, 0.5) is 0 Å². The van der Waals surface area contributed by atoms with E-state index in [1.165, 1.54) is 0 Å². The minimum absolute atomic E-state index is 1.03. The van der Waals surface area contributed by atoms with Crippen LogP contribution in [0.2, 0.25) is 0 Å². The first kappa shape index (κ1) is 10.1. The molecule has 0 bridgehead atoms. The zero-order valence-corrected chi connectivity index (χ0v) is 8.25. The van der Waals surface area contributed by atoms with Crippen molar-refractivity contribution < 1.29 is 18.6 Å². The second-order valence-corrected chi connectivity index (χ2v) is 4.82. The molecule has 2 N–H and O–H groups in total. The van der Waals surface area contributed by atoms with Crippen LogP contribution in [0.5, 0.6) is 0 Å². The third-order valence-electron chi connectivity index (χ3n) is 0.734. The fourth-order valence-corrected chi connectivity index (χ4v) is 1.71. The smallest absolute Gasteiger partial charge is 0.333 e. The van der Waals surface area contributed by atoms with E-state index in [-0.39, 0.29) is 0 Å². The molecular weight excluding hydrogens is 171 g/mol. The molecule has 0 saturated heterocycles. The van der Waals surface area contributed by atoms with E-state index in [9.17, 15) is 4.57 Å². The first-order chi connectivity index (χ1) is 4.42. The summed E-state index contributed by atoms with van der Waals surface area (Å²) in [5.74, 6) is 0. The summed E-state index contributed by atoms with van der Waals surface area (Å²) in [5.41, 5.74) is 2.76. The summed E-state index contributed by atoms with van der Waals surface area (Å²) in [7, 11) is -5.37. The van der Waals surface area contributed by atoms with Gasteiger partial charge in [-0.05, 0) is 13.8 Å². The van der Waals surface area contributed by atoms with Crippen molar-refractivity contribution in [1.82, 2.24) is 0 Å². The predicted octanol–water partition coefficient (Wildman–Crippen LogP) is 0.103. The summed E-state index contributed by atoms with van der Waals surface area (Å²) in [4.78, 5) is 16.4. The SMILES string of the molecule is CC(C)=C[SiH2]OP(=O)(O)O. The van der Waals surface area contributed by atoms with Crippen LogP contribution in [-0.4, -0.2) is 19.5 Å². The van der Waals surface area contributed by atoms with Gasteiger partial charge >= 0.3 is 7.82 Å². The van der Waals surface area contributed by atoms with Crippen LogP contribution in [0.25, 0.3) is 0 Å². The molecule has 0 aromatic rings. The van der Waals surface area contributed by atoms with E-state index >= 15 is 0 Å². The maximum absolute atomic E-state index is 10.1. The van der Waals surface area contributed by atoms with Gasteiger partial charge in [-0.15, -0.1) is 0 Å². The maximum Gasteiger partial charge on any atom is 0.459 e. The van der Waals surface area contributed by atoms with Gasteiger partial charge in [0.1, 0.15) is 0 Å². The third kappa shape index (κ3) is 8.07. The van der Waals surface area contributed by atoms with Crippen molar-refractivity contribution >= 4 is 17.6 Å². The molecule has 0 heterocycles. The fourth-order valence-electron chi connectivity index (χ4n) is 0.301. The summed E-state index contributed by atoms with van der Waals surface area (Å²) >= 11 is 0. The van der Waals surface area contributed by atoms with Crippen LogP contribution in [0, 0.1) is 0 Å². The summed E-state index contributed by atoms with van der Waals surface area (Å²) in [5, 5.41) is 0. The number of hydrogen-bond acceptors (Lipinski definition) is 2. The van der Waals surface area contributed by atoms with Crippen LogP contribution in [0.3, 0.4) is 0 Å². The highest BCUT2D eigenvalue weighted by Gasteiger charge is 2.10. The molecule has 0 rings (SSSR count). The number of allylic oxidation sites excluding steroid dienone is 1. The molecule has 0 spiro atoms. The van der Waals surface area contributed by atoms with Gasteiger partial charge in [0.25, 0.3) is 0 Å². The van der Waals surface area contributed by atoms with Crippen LogP contribution in [0.1, 0.15) is 13.8 Å². The molecule has 60 valence electrons. The van der Waals surface area contributed by atoms with Gasteiger partial charge in [0.2, 0.25) is 0 Å². The molecule has 0 aromatic carbocycles. The van der Waals surface area contributed by atoms with Crippen LogP contribution in [-0.2, 0) is 8.78 Å². The highest BCUT2D eigenvalue weighted by Crippen LogP contribution is 2.34. The Kier molecular flexibility index (Phi) is 4.08. The number of hydrogen-bond donors (Lipinski definition) is 2. The average Bonchev–Trinajstić information content (AvgIpc) is 1.59. The Morgan fingerprint density at radius 2 is 2.10 bits per heavy atom. The first-order valence-corrected chi connectivity index (χ1v) is 5.67. The van der Waals surface area contributed by atoms with Gasteiger partial charge in [-0.25, -0.2) is 4.57 Å². The number of phosphoric acid groups is 1. The minimum atomic E-state index is -4.20. The van der Waals surface area contributed by atoms with Crippen molar-refractivity contribution in [1.29, 1.82) is 0 Å². The predicted molar refractivity (Wildman–Crippen MR) is 41.1 cm³/mol. The highest BCUT2D eigenvalue weighted by atomic mass is 31.2. The largest absolute Gasteiger partial charge is 0.459 e. The molecule has 0 aliphatic heterocycles. The Hall–Kier alpha value is 0.0669. The van der Waals surface area contributed by atoms with Crippen molar-refractivity contribution in [2.24, 2.45) is 0 Å². The van der Waals surface area contributed by atoms with Crippen molar-refractivity contribution in [3.63, 3.8) is 0 Å². The van der Waals surface area contributed by atoms with Crippen molar-refractivity contribution in [2.45, 2.75) is 13.8 Å². The maximum atomic E-state index is 10.1. The molecule has 0 aromatic heterocycles. The summed E-state index contributed by atoms with van der Waals surface area (Å²) in [6, 6.07) is 0. The summed E-state index contributed by atoms with van der Waals surface area (Å²) in [6.07, 6.45) is 0. The van der Waals surface area contributed by atoms with E-state index in [0.29, 0.717) is 0 Å². The molecule has 0 aliphatic carbocycles. The van der Waals surface area contributed by atoms with Crippen molar-refractivity contribution in [3.05, 3.63) is 11.3 Å². The Morgan fingerprint density at radius 1 is 1.60 bits per heavy atom. The second kappa shape index (κ2) is 4.05. The van der Waals surface area contributed by atoms with E-state index in [0.717, 1.165) is 5.57 Å².